The Morgan fingerprint density at radius 3 is 2.63 bits per heavy atom. The van der Waals surface area contributed by atoms with Crippen molar-refractivity contribution in [2.24, 2.45) is 0 Å². The van der Waals surface area contributed by atoms with E-state index in [9.17, 15) is 8.42 Å². The van der Waals surface area contributed by atoms with Crippen LogP contribution in [0.1, 0.15) is 31.2 Å². The maximum Gasteiger partial charge on any atom is 0.246 e. The van der Waals surface area contributed by atoms with Crippen LogP contribution in [0.15, 0.2) is 4.90 Å². The van der Waals surface area contributed by atoms with E-state index in [1.165, 1.54) is 0 Å². The molecule has 1 aliphatic rings. The monoisotopic (exact) mass is 287 g/mol. The molecule has 1 aromatic rings. The van der Waals surface area contributed by atoms with E-state index in [0.29, 0.717) is 29.4 Å². The van der Waals surface area contributed by atoms with Gasteiger partial charge in [0.15, 0.2) is 0 Å². The predicted octanol–water partition coefficient (Wildman–Crippen LogP) is 0.665. The van der Waals surface area contributed by atoms with Crippen molar-refractivity contribution in [3.63, 3.8) is 0 Å². The van der Waals surface area contributed by atoms with Crippen molar-refractivity contribution in [1.82, 2.24) is 14.1 Å². The Hall–Kier alpha value is -0.920. The third-order valence-corrected chi connectivity index (χ3v) is 5.95. The second kappa shape index (κ2) is 5.22. The number of hydrogen-bond donors (Lipinski definition) is 1. The van der Waals surface area contributed by atoms with Crippen LogP contribution in [0.25, 0.3) is 0 Å². The molecule has 108 valence electrons. The molecule has 2 rings (SSSR count). The zero-order chi connectivity index (χ0) is 14.2. The van der Waals surface area contributed by atoms with Crippen LogP contribution in [0.5, 0.6) is 0 Å². The molecule has 1 fully saturated rings. The van der Waals surface area contributed by atoms with E-state index in [2.05, 4.69) is 5.10 Å². The van der Waals surface area contributed by atoms with Crippen LogP contribution in [0.2, 0.25) is 0 Å². The normalized spacial score (nSPS) is 21.2. The Kier molecular flexibility index (Phi) is 3.98. The molecular weight excluding hydrogens is 266 g/mol. The number of rotatable bonds is 4. The van der Waals surface area contributed by atoms with Gasteiger partial charge in [-0.15, -0.1) is 0 Å². The van der Waals surface area contributed by atoms with Gasteiger partial charge in [0.1, 0.15) is 4.90 Å². The van der Waals surface area contributed by atoms with Gasteiger partial charge in [-0.1, -0.05) is 0 Å². The van der Waals surface area contributed by atoms with E-state index < -0.39 is 10.0 Å². The molecule has 1 saturated heterocycles. The molecule has 1 atom stereocenters. The highest BCUT2D eigenvalue weighted by Crippen LogP contribution is 2.29. The fraction of sp³-hybridized carbons (Fsp3) is 0.750. The fourth-order valence-corrected chi connectivity index (χ4v) is 4.82. The first-order chi connectivity index (χ1) is 8.89. The molecule has 1 unspecified atom stereocenters. The maximum absolute atomic E-state index is 12.7. The number of nitrogens with zero attached hydrogens (tertiary/aromatic N) is 3. The smallest absolute Gasteiger partial charge is 0.246 e. The van der Waals surface area contributed by atoms with Gasteiger partial charge in [0, 0.05) is 12.6 Å². The Morgan fingerprint density at radius 2 is 2.11 bits per heavy atom. The fourth-order valence-electron chi connectivity index (χ4n) is 2.75. The summed E-state index contributed by atoms with van der Waals surface area (Å²) in [6.07, 6.45) is 1.81. The van der Waals surface area contributed by atoms with Crippen molar-refractivity contribution >= 4 is 10.0 Å². The van der Waals surface area contributed by atoms with E-state index in [-0.39, 0.29) is 12.6 Å². The van der Waals surface area contributed by atoms with Gasteiger partial charge in [-0.05, 0) is 33.6 Å². The zero-order valence-electron chi connectivity index (χ0n) is 11.6. The van der Waals surface area contributed by atoms with Crippen molar-refractivity contribution in [3.05, 3.63) is 11.4 Å². The van der Waals surface area contributed by atoms with Gasteiger partial charge in [-0.25, -0.2) is 8.42 Å². The molecule has 0 aliphatic carbocycles. The summed E-state index contributed by atoms with van der Waals surface area (Å²) in [7, 11) is -3.48. The number of hydrogen-bond acceptors (Lipinski definition) is 4. The van der Waals surface area contributed by atoms with Gasteiger partial charge in [0.05, 0.1) is 24.5 Å². The first kappa shape index (κ1) is 14.5. The van der Waals surface area contributed by atoms with Gasteiger partial charge < -0.3 is 5.11 Å². The molecular formula is C12H21N3O3S. The first-order valence-corrected chi connectivity index (χ1v) is 8.00. The highest BCUT2D eigenvalue weighted by Gasteiger charge is 2.36. The minimum atomic E-state index is -3.48. The minimum absolute atomic E-state index is 0.0463. The summed E-state index contributed by atoms with van der Waals surface area (Å²) in [4.78, 5) is 0.301. The second-order valence-corrected chi connectivity index (χ2v) is 6.88. The Morgan fingerprint density at radius 1 is 1.42 bits per heavy atom. The van der Waals surface area contributed by atoms with Crippen molar-refractivity contribution in [2.45, 2.75) is 51.1 Å². The van der Waals surface area contributed by atoms with Crippen LogP contribution < -0.4 is 0 Å². The van der Waals surface area contributed by atoms with Crippen molar-refractivity contribution < 1.29 is 13.5 Å². The average molecular weight is 287 g/mol. The lowest BCUT2D eigenvalue weighted by Crippen LogP contribution is -2.34. The summed E-state index contributed by atoms with van der Waals surface area (Å²) < 4.78 is 28.5. The molecule has 0 bridgehead atoms. The van der Waals surface area contributed by atoms with Gasteiger partial charge in [0.2, 0.25) is 10.0 Å². The van der Waals surface area contributed by atoms with Gasteiger partial charge in [-0.2, -0.15) is 9.40 Å². The number of aryl methyl sites for hydroxylation is 1. The Bertz CT molecular complexity index is 565. The molecule has 1 aliphatic heterocycles. The summed E-state index contributed by atoms with van der Waals surface area (Å²) in [5.74, 6) is 0. The Balaban J connectivity index is 2.46. The minimum Gasteiger partial charge on any atom is -0.394 e. The number of aliphatic hydroxyl groups is 1. The van der Waals surface area contributed by atoms with Crippen molar-refractivity contribution in [1.29, 1.82) is 0 Å². The molecule has 0 aromatic carbocycles. The molecule has 0 saturated carbocycles. The number of aliphatic hydroxyl groups excluding tert-OH is 1. The summed E-state index contributed by atoms with van der Waals surface area (Å²) in [5, 5.41) is 13.2. The van der Waals surface area contributed by atoms with Crippen molar-refractivity contribution in [2.75, 3.05) is 13.2 Å². The van der Waals surface area contributed by atoms with Crippen LogP contribution in [0, 0.1) is 13.8 Å². The predicted molar refractivity (Wildman–Crippen MR) is 71.4 cm³/mol. The lowest BCUT2D eigenvalue weighted by molar-refractivity contribution is 0.267. The summed E-state index contributed by atoms with van der Waals surface area (Å²) >= 11 is 0. The largest absolute Gasteiger partial charge is 0.394 e. The van der Waals surface area contributed by atoms with E-state index >= 15 is 0 Å². The van der Waals surface area contributed by atoms with Gasteiger partial charge >= 0.3 is 0 Å². The highest BCUT2D eigenvalue weighted by atomic mass is 32.2. The Labute approximate surface area is 114 Å². The van der Waals surface area contributed by atoms with E-state index in [1.807, 2.05) is 6.92 Å². The number of sulfonamides is 1. The third kappa shape index (κ3) is 2.42. The quantitative estimate of drug-likeness (QED) is 0.883. The molecule has 1 N–H and O–H groups in total. The zero-order valence-corrected chi connectivity index (χ0v) is 12.4. The SMILES string of the molecule is Cc1nn(CCO)c(C)c1S(=O)(=O)N1CCCC1C. The summed E-state index contributed by atoms with van der Waals surface area (Å²) in [6, 6.07) is 0.0463. The highest BCUT2D eigenvalue weighted by molar-refractivity contribution is 7.89. The standard InChI is InChI=1S/C12H21N3O3S/c1-9-5-4-6-15(9)19(17,18)12-10(2)13-14(7-8-16)11(12)3/h9,16H,4-8H2,1-3H3. The third-order valence-electron chi connectivity index (χ3n) is 3.69. The lowest BCUT2D eigenvalue weighted by Gasteiger charge is -2.21. The average Bonchev–Trinajstić information content (AvgIpc) is 2.85. The van der Waals surface area contributed by atoms with E-state index in [4.69, 9.17) is 5.11 Å². The molecule has 6 nitrogen and oxygen atoms in total. The molecule has 0 radical (unpaired) electrons. The van der Waals surface area contributed by atoms with Crippen LogP contribution >= 0.6 is 0 Å². The molecule has 0 amide bonds. The second-order valence-electron chi connectivity index (χ2n) is 5.05. The van der Waals surface area contributed by atoms with E-state index in [1.54, 1.807) is 22.8 Å². The summed E-state index contributed by atoms with van der Waals surface area (Å²) in [5.41, 5.74) is 1.11. The van der Waals surface area contributed by atoms with Crippen LogP contribution in [0.3, 0.4) is 0 Å². The van der Waals surface area contributed by atoms with Crippen LogP contribution in [0.4, 0.5) is 0 Å². The molecule has 7 heteroatoms. The van der Waals surface area contributed by atoms with Gasteiger partial charge in [0.25, 0.3) is 0 Å². The number of aromatic nitrogens is 2. The first-order valence-electron chi connectivity index (χ1n) is 6.56. The summed E-state index contributed by atoms with van der Waals surface area (Å²) in [6.45, 7) is 6.22. The van der Waals surface area contributed by atoms with Crippen molar-refractivity contribution in [3.8, 4) is 0 Å². The van der Waals surface area contributed by atoms with Gasteiger partial charge in [-0.3, -0.25) is 4.68 Å². The van der Waals surface area contributed by atoms with Crippen LogP contribution in [-0.2, 0) is 16.6 Å². The van der Waals surface area contributed by atoms with Crippen LogP contribution in [-0.4, -0.2) is 46.8 Å². The lowest BCUT2D eigenvalue weighted by atomic mass is 10.3. The molecule has 19 heavy (non-hydrogen) atoms. The maximum atomic E-state index is 12.7. The van der Waals surface area contributed by atoms with E-state index in [0.717, 1.165) is 12.8 Å². The molecule has 0 spiro atoms. The molecule has 2 heterocycles. The topological polar surface area (TPSA) is 75.4 Å². The molecule has 1 aromatic heterocycles.